The molecule has 1 saturated carbocycles. The molecule has 8 heteroatoms. The van der Waals surface area contributed by atoms with Crippen LogP contribution >= 0.6 is 0 Å². The molecule has 1 aromatic rings. The molecule has 1 amide bonds. The van der Waals surface area contributed by atoms with E-state index < -0.39 is 12.8 Å². The van der Waals surface area contributed by atoms with Gasteiger partial charge in [-0.1, -0.05) is 12.1 Å². The first-order valence-corrected chi connectivity index (χ1v) is 9.25. The van der Waals surface area contributed by atoms with E-state index >= 15 is 0 Å². The van der Waals surface area contributed by atoms with Gasteiger partial charge in [-0.3, -0.25) is 9.69 Å². The number of hydrogen-bond donors (Lipinski definition) is 0. The van der Waals surface area contributed by atoms with Crippen molar-refractivity contribution in [3.05, 3.63) is 29.8 Å². The third-order valence-electron chi connectivity index (χ3n) is 4.73. The number of ether oxygens (including phenoxy) is 2. The molecule has 0 atom stereocenters. The normalized spacial score (nSPS) is 18.6. The molecular formula is C19H25F3N2O3. The molecule has 2 fully saturated rings. The maximum atomic E-state index is 12.2. The SMILES string of the molecule is O=C(COCC1CC1)N1CCN(Cc2ccc(OCC(F)(F)F)cc2)CC1. The lowest BCUT2D eigenvalue weighted by atomic mass is 10.2. The largest absolute Gasteiger partial charge is 0.484 e. The molecule has 0 aromatic heterocycles. The molecule has 5 nitrogen and oxygen atoms in total. The van der Waals surface area contributed by atoms with Gasteiger partial charge in [0.1, 0.15) is 12.4 Å². The minimum Gasteiger partial charge on any atom is -0.484 e. The standard InChI is InChI=1S/C19H25F3N2O3/c20-19(21,22)14-27-17-5-3-15(4-6-17)11-23-7-9-24(10-8-23)18(25)13-26-12-16-1-2-16/h3-6,16H,1-2,7-14H2. The van der Waals surface area contributed by atoms with Crippen LogP contribution in [0.3, 0.4) is 0 Å². The first-order valence-electron chi connectivity index (χ1n) is 9.25. The zero-order chi connectivity index (χ0) is 19.3. The summed E-state index contributed by atoms with van der Waals surface area (Å²) >= 11 is 0. The van der Waals surface area contributed by atoms with Gasteiger partial charge in [0.05, 0.1) is 6.61 Å². The Balaban J connectivity index is 1.36. The maximum Gasteiger partial charge on any atom is 0.422 e. The molecule has 2 aliphatic rings. The van der Waals surface area contributed by atoms with Crippen molar-refractivity contribution in [2.45, 2.75) is 25.6 Å². The Labute approximate surface area is 157 Å². The Morgan fingerprint density at radius 1 is 1.07 bits per heavy atom. The Bertz CT molecular complexity index is 610. The van der Waals surface area contributed by atoms with Gasteiger partial charge in [-0.15, -0.1) is 0 Å². The van der Waals surface area contributed by atoms with Crippen molar-refractivity contribution in [3.63, 3.8) is 0 Å². The number of hydrogen-bond acceptors (Lipinski definition) is 4. The van der Waals surface area contributed by atoms with Gasteiger partial charge in [0.2, 0.25) is 5.91 Å². The zero-order valence-electron chi connectivity index (χ0n) is 15.2. The van der Waals surface area contributed by atoms with E-state index in [1.807, 2.05) is 4.90 Å². The van der Waals surface area contributed by atoms with E-state index in [-0.39, 0.29) is 18.3 Å². The second-order valence-electron chi connectivity index (χ2n) is 7.16. The summed E-state index contributed by atoms with van der Waals surface area (Å²) in [6, 6.07) is 6.65. The third kappa shape index (κ3) is 7.03. The number of benzene rings is 1. The van der Waals surface area contributed by atoms with Crippen molar-refractivity contribution in [2.75, 3.05) is 46.0 Å². The summed E-state index contributed by atoms with van der Waals surface area (Å²) in [5.41, 5.74) is 1.00. The number of piperazine rings is 1. The van der Waals surface area contributed by atoms with E-state index in [2.05, 4.69) is 4.90 Å². The highest BCUT2D eigenvalue weighted by molar-refractivity contribution is 5.77. The van der Waals surface area contributed by atoms with Crippen molar-refractivity contribution in [2.24, 2.45) is 5.92 Å². The summed E-state index contributed by atoms with van der Waals surface area (Å²) < 4.78 is 46.6. The number of carbonyl (C=O) groups excluding carboxylic acids is 1. The number of carbonyl (C=O) groups is 1. The number of nitrogens with zero attached hydrogens (tertiary/aromatic N) is 2. The summed E-state index contributed by atoms with van der Waals surface area (Å²) in [6.45, 7) is 3.12. The van der Waals surface area contributed by atoms with Crippen LogP contribution in [0.5, 0.6) is 5.75 Å². The van der Waals surface area contributed by atoms with Crippen molar-refractivity contribution >= 4 is 5.91 Å². The highest BCUT2D eigenvalue weighted by Gasteiger charge is 2.28. The van der Waals surface area contributed by atoms with Crippen molar-refractivity contribution in [3.8, 4) is 5.75 Å². The number of alkyl halides is 3. The lowest BCUT2D eigenvalue weighted by Gasteiger charge is -2.34. The summed E-state index contributed by atoms with van der Waals surface area (Å²) in [5.74, 6) is 0.902. The van der Waals surface area contributed by atoms with E-state index in [1.54, 1.807) is 24.3 Å². The third-order valence-corrected chi connectivity index (χ3v) is 4.73. The molecule has 1 saturated heterocycles. The van der Waals surface area contributed by atoms with Crippen LogP contribution in [0.1, 0.15) is 18.4 Å². The molecule has 1 aromatic carbocycles. The van der Waals surface area contributed by atoms with Crippen LogP contribution in [0.15, 0.2) is 24.3 Å². The molecular weight excluding hydrogens is 361 g/mol. The quantitative estimate of drug-likeness (QED) is 0.689. The molecule has 0 spiro atoms. The Morgan fingerprint density at radius 3 is 2.33 bits per heavy atom. The zero-order valence-corrected chi connectivity index (χ0v) is 15.2. The average molecular weight is 386 g/mol. The average Bonchev–Trinajstić information content (AvgIpc) is 3.45. The lowest BCUT2D eigenvalue weighted by molar-refractivity contribution is -0.153. The van der Waals surface area contributed by atoms with Crippen LogP contribution in [0.4, 0.5) is 13.2 Å². The number of halogens is 3. The van der Waals surface area contributed by atoms with E-state index in [0.717, 1.165) is 18.7 Å². The van der Waals surface area contributed by atoms with Crippen molar-refractivity contribution in [1.82, 2.24) is 9.80 Å². The minimum atomic E-state index is -4.33. The smallest absolute Gasteiger partial charge is 0.422 e. The van der Waals surface area contributed by atoms with Gasteiger partial charge in [0, 0.05) is 32.7 Å². The van der Waals surface area contributed by atoms with Gasteiger partial charge in [0.15, 0.2) is 6.61 Å². The fraction of sp³-hybridized carbons (Fsp3) is 0.632. The van der Waals surface area contributed by atoms with Gasteiger partial charge < -0.3 is 14.4 Å². The molecule has 1 heterocycles. The van der Waals surface area contributed by atoms with Crippen molar-refractivity contribution in [1.29, 1.82) is 0 Å². The second-order valence-corrected chi connectivity index (χ2v) is 7.16. The Kier molecular flexibility index (Phi) is 6.59. The molecule has 0 unspecified atom stereocenters. The van der Waals surface area contributed by atoms with Gasteiger partial charge >= 0.3 is 6.18 Å². The van der Waals surface area contributed by atoms with Crippen LogP contribution in [0, 0.1) is 5.92 Å². The fourth-order valence-corrected chi connectivity index (χ4v) is 2.96. The van der Waals surface area contributed by atoms with Gasteiger partial charge in [-0.25, -0.2) is 0 Å². The monoisotopic (exact) mass is 386 g/mol. The Hall–Kier alpha value is -1.80. The molecule has 150 valence electrons. The summed E-state index contributed by atoms with van der Waals surface area (Å²) in [7, 11) is 0. The molecule has 1 aliphatic heterocycles. The highest BCUT2D eigenvalue weighted by atomic mass is 19.4. The minimum absolute atomic E-state index is 0.0430. The summed E-state index contributed by atoms with van der Waals surface area (Å²) in [5, 5.41) is 0. The van der Waals surface area contributed by atoms with Crippen LogP contribution in [0.2, 0.25) is 0 Å². The molecule has 0 bridgehead atoms. The second kappa shape index (κ2) is 8.93. The summed E-state index contributed by atoms with van der Waals surface area (Å²) in [6.07, 6.45) is -1.91. The Morgan fingerprint density at radius 2 is 1.74 bits per heavy atom. The van der Waals surface area contributed by atoms with Gasteiger partial charge in [-0.05, 0) is 36.5 Å². The van der Waals surface area contributed by atoms with Gasteiger partial charge in [-0.2, -0.15) is 13.2 Å². The van der Waals surface area contributed by atoms with Gasteiger partial charge in [0.25, 0.3) is 0 Å². The summed E-state index contributed by atoms with van der Waals surface area (Å²) in [4.78, 5) is 16.2. The lowest BCUT2D eigenvalue weighted by Crippen LogP contribution is -2.49. The van der Waals surface area contributed by atoms with Crippen LogP contribution < -0.4 is 4.74 Å². The molecule has 1 aliphatic carbocycles. The highest BCUT2D eigenvalue weighted by Crippen LogP contribution is 2.28. The number of amides is 1. The molecule has 0 N–H and O–H groups in total. The van der Waals surface area contributed by atoms with E-state index in [0.29, 0.717) is 32.2 Å². The first kappa shape index (κ1) is 19.9. The molecule has 0 radical (unpaired) electrons. The van der Waals surface area contributed by atoms with Crippen LogP contribution in [-0.2, 0) is 16.1 Å². The molecule has 3 rings (SSSR count). The van der Waals surface area contributed by atoms with E-state index in [9.17, 15) is 18.0 Å². The van der Waals surface area contributed by atoms with Crippen LogP contribution in [0.25, 0.3) is 0 Å². The predicted octanol–water partition coefficient (Wildman–Crippen LogP) is 2.70. The predicted molar refractivity (Wildman–Crippen MR) is 93.4 cm³/mol. The van der Waals surface area contributed by atoms with Crippen molar-refractivity contribution < 1.29 is 27.4 Å². The topological polar surface area (TPSA) is 42.0 Å². The number of rotatable bonds is 8. The maximum absolute atomic E-state index is 12.2. The molecule has 27 heavy (non-hydrogen) atoms. The van der Waals surface area contributed by atoms with E-state index in [1.165, 1.54) is 12.8 Å². The first-order chi connectivity index (χ1) is 12.9. The van der Waals surface area contributed by atoms with E-state index in [4.69, 9.17) is 9.47 Å². The van der Waals surface area contributed by atoms with Crippen LogP contribution in [-0.4, -0.2) is 67.9 Å². The fourth-order valence-electron chi connectivity index (χ4n) is 2.96.